The van der Waals surface area contributed by atoms with E-state index in [1.165, 1.54) is 30.7 Å². The lowest BCUT2D eigenvalue weighted by Crippen LogP contribution is -2.45. The van der Waals surface area contributed by atoms with E-state index >= 15 is 0 Å². The Labute approximate surface area is 167 Å². The topological polar surface area (TPSA) is 15.7 Å². The lowest BCUT2D eigenvalue weighted by Gasteiger charge is -2.45. The lowest BCUT2D eigenvalue weighted by atomic mass is 9.68. The average Bonchev–Trinajstić information content (AvgIpc) is 2.97. The molecule has 0 amide bonds. The molecular formula is C24H29FN2O. The van der Waals surface area contributed by atoms with E-state index < -0.39 is 0 Å². The van der Waals surface area contributed by atoms with Crippen LogP contribution in [0.25, 0.3) is 0 Å². The van der Waals surface area contributed by atoms with Gasteiger partial charge >= 0.3 is 0 Å². The maximum atomic E-state index is 13.0. The van der Waals surface area contributed by atoms with Crippen LogP contribution in [0, 0.1) is 11.7 Å². The summed E-state index contributed by atoms with van der Waals surface area (Å²) in [5.41, 5.74) is 5.00. The van der Waals surface area contributed by atoms with E-state index in [1.54, 1.807) is 23.3 Å². The SMILES string of the molecule is CN1CCC2(C)c3c(cccc31)[C@@H]1CN(CCOc3ccc(F)cc3)CC[C@@H]12. The van der Waals surface area contributed by atoms with Crippen LogP contribution in [0.4, 0.5) is 10.1 Å². The number of ether oxygens (including phenoxy) is 1. The molecule has 1 fully saturated rings. The molecule has 0 saturated carbocycles. The van der Waals surface area contributed by atoms with Gasteiger partial charge in [-0.3, -0.25) is 4.90 Å². The fraction of sp³-hybridized carbons (Fsp3) is 0.500. The Balaban J connectivity index is 1.30. The lowest BCUT2D eigenvalue weighted by molar-refractivity contribution is 0.108. The third kappa shape index (κ3) is 2.81. The normalized spacial score (nSPS) is 28.8. The van der Waals surface area contributed by atoms with E-state index in [0.717, 1.165) is 37.8 Å². The van der Waals surface area contributed by atoms with Gasteiger partial charge in [-0.2, -0.15) is 0 Å². The van der Waals surface area contributed by atoms with E-state index in [0.29, 0.717) is 17.9 Å². The Bertz CT molecular complexity index is 867. The fourth-order valence-electron chi connectivity index (χ4n) is 5.95. The highest BCUT2D eigenvalue weighted by atomic mass is 19.1. The van der Waals surface area contributed by atoms with Gasteiger partial charge in [0.05, 0.1) is 0 Å². The van der Waals surface area contributed by atoms with Crippen LogP contribution in [0.1, 0.15) is 36.8 Å². The van der Waals surface area contributed by atoms with Crippen LogP contribution in [-0.4, -0.2) is 44.7 Å². The Morgan fingerprint density at radius 3 is 2.79 bits per heavy atom. The molecule has 2 aromatic rings. The van der Waals surface area contributed by atoms with Crippen molar-refractivity contribution in [2.45, 2.75) is 31.1 Å². The molecule has 5 rings (SSSR count). The molecule has 0 radical (unpaired) electrons. The van der Waals surface area contributed by atoms with Gasteiger partial charge in [-0.05, 0) is 72.2 Å². The maximum absolute atomic E-state index is 13.0. The minimum absolute atomic E-state index is 0.222. The molecule has 3 aliphatic rings. The summed E-state index contributed by atoms with van der Waals surface area (Å²) in [7, 11) is 2.23. The maximum Gasteiger partial charge on any atom is 0.123 e. The van der Waals surface area contributed by atoms with Crippen LogP contribution in [0.3, 0.4) is 0 Å². The summed E-state index contributed by atoms with van der Waals surface area (Å²) in [6.45, 7) is 7.50. The van der Waals surface area contributed by atoms with E-state index in [2.05, 4.69) is 42.0 Å². The van der Waals surface area contributed by atoms with Crippen molar-refractivity contribution in [2.24, 2.45) is 5.92 Å². The molecule has 3 nitrogen and oxygen atoms in total. The molecule has 0 aromatic heterocycles. The summed E-state index contributed by atoms with van der Waals surface area (Å²) in [6.07, 6.45) is 2.53. The standard InChI is InChI=1S/C24H29FN2O/c1-24-11-13-26(2)22-5-3-4-19(23(22)24)20-16-27(12-10-21(20)24)14-15-28-18-8-6-17(25)7-9-18/h3-9,20-21H,10-16H2,1-2H3/t20-,21-,24?/m0/s1. The molecule has 1 saturated heterocycles. The van der Waals surface area contributed by atoms with Crippen LogP contribution in [0.15, 0.2) is 42.5 Å². The number of piperidine rings is 1. The number of hydrogen-bond donors (Lipinski definition) is 0. The number of nitrogens with zero attached hydrogens (tertiary/aromatic N) is 2. The minimum Gasteiger partial charge on any atom is -0.492 e. The van der Waals surface area contributed by atoms with Crippen molar-refractivity contribution in [1.82, 2.24) is 4.90 Å². The van der Waals surface area contributed by atoms with E-state index in [1.807, 2.05) is 0 Å². The van der Waals surface area contributed by atoms with Crippen LogP contribution >= 0.6 is 0 Å². The molecule has 3 atom stereocenters. The van der Waals surface area contributed by atoms with Gasteiger partial charge in [0.25, 0.3) is 0 Å². The molecule has 2 aliphatic heterocycles. The molecule has 28 heavy (non-hydrogen) atoms. The zero-order chi connectivity index (χ0) is 19.3. The van der Waals surface area contributed by atoms with Crippen molar-refractivity contribution < 1.29 is 9.13 Å². The quantitative estimate of drug-likeness (QED) is 0.781. The zero-order valence-corrected chi connectivity index (χ0v) is 16.8. The Morgan fingerprint density at radius 1 is 1.14 bits per heavy atom. The number of rotatable bonds is 4. The first-order valence-corrected chi connectivity index (χ1v) is 10.5. The molecule has 0 spiro atoms. The third-order valence-corrected chi connectivity index (χ3v) is 7.43. The second-order valence-electron chi connectivity index (χ2n) is 8.94. The number of halogens is 1. The molecule has 1 aliphatic carbocycles. The Morgan fingerprint density at radius 2 is 1.96 bits per heavy atom. The molecule has 148 valence electrons. The smallest absolute Gasteiger partial charge is 0.123 e. The first-order valence-electron chi connectivity index (χ1n) is 10.5. The van der Waals surface area contributed by atoms with Gasteiger partial charge in [0.1, 0.15) is 18.2 Å². The second-order valence-corrected chi connectivity index (χ2v) is 8.94. The van der Waals surface area contributed by atoms with Crippen molar-refractivity contribution in [3.63, 3.8) is 0 Å². The summed E-state index contributed by atoms with van der Waals surface area (Å²) in [5, 5.41) is 0. The highest BCUT2D eigenvalue weighted by molar-refractivity contribution is 5.65. The van der Waals surface area contributed by atoms with Crippen molar-refractivity contribution in [3.8, 4) is 5.75 Å². The molecule has 2 aromatic carbocycles. The number of anilines is 1. The summed E-state index contributed by atoms with van der Waals surface area (Å²) in [5.74, 6) is 1.91. The highest BCUT2D eigenvalue weighted by Gasteiger charge is 2.53. The van der Waals surface area contributed by atoms with Gasteiger partial charge in [0.2, 0.25) is 0 Å². The van der Waals surface area contributed by atoms with Gasteiger partial charge in [0.15, 0.2) is 0 Å². The van der Waals surface area contributed by atoms with Crippen LogP contribution in [-0.2, 0) is 5.41 Å². The highest BCUT2D eigenvalue weighted by Crippen LogP contribution is 2.59. The summed E-state index contributed by atoms with van der Waals surface area (Å²) in [6, 6.07) is 13.2. The summed E-state index contributed by atoms with van der Waals surface area (Å²) < 4.78 is 18.9. The summed E-state index contributed by atoms with van der Waals surface area (Å²) in [4.78, 5) is 4.99. The van der Waals surface area contributed by atoms with Crippen molar-refractivity contribution in [2.75, 3.05) is 44.7 Å². The molecular weight excluding hydrogens is 351 g/mol. The van der Waals surface area contributed by atoms with Crippen LogP contribution in [0.5, 0.6) is 5.75 Å². The predicted molar refractivity (Wildman–Crippen MR) is 111 cm³/mol. The minimum atomic E-state index is -0.222. The van der Waals surface area contributed by atoms with Crippen LogP contribution < -0.4 is 9.64 Å². The first-order chi connectivity index (χ1) is 13.6. The molecule has 0 N–H and O–H groups in total. The molecule has 4 heteroatoms. The number of benzene rings is 2. The Kier molecular flexibility index (Phi) is 4.35. The third-order valence-electron chi connectivity index (χ3n) is 7.43. The van der Waals surface area contributed by atoms with Gasteiger partial charge in [-0.1, -0.05) is 19.1 Å². The van der Waals surface area contributed by atoms with E-state index in [-0.39, 0.29) is 5.82 Å². The van der Waals surface area contributed by atoms with Gasteiger partial charge in [-0.25, -0.2) is 4.39 Å². The number of hydrogen-bond acceptors (Lipinski definition) is 3. The summed E-state index contributed by atoms with van der Waals surface area (Å²) >= 11 is 0. The number of likely N-dealkylation sites (tertiary alicyclic amines) is 1. The monoisotopic (exact) mass is 380 g/mol. The number of fused-ring (bicyclic) bond motifs is 3. The average molecular weight is 381 g/mol. The van der Waals surface area contributed by atoms with Gasteiger partial charge in [0, 0.05) is 38.3 Å². The largest absolute Gasteiger partial charge is 0.492 e. The second kappa shape index (κ2) is 6.77. The molecule has 1 unspecified atom stereocenters. The Hall–Kier alpha value is -2.07. The van der Waals surface area contributed by atoms with Crippen LogP contribution in [0.2, 0.25) is 0 Å². The van der Waals surface area contributed by atoms with E-state index in [9.17, 15) is 4.39 Å². The van der Waals surface area contributed by atoms with Gasteiger partial charge < -0.3 is 9.64 Å². The van der Waals surface area contributed by atoms with Crippen molar-refractivity contribution >= 4 is 5.69 Å². The van der Waals surface area contributed by atoms with Crippen molar-refractivity contribution in [3.05, 3.63) is 59.4 Å². The molecule has 0 bridgehead atoms. The van der Waals surface area contributed by atoms with Gasteiger partial charge in [-0.15, -0.1) is 0 Å². The first kappa shape index (κ1) is 18.0. The molecule has 2 heterocycles. The van der Waals surface area contributed by atoms with Crippen molar-refractivity contribution in [1.29, 1.82) is 0 Å². The predicted octanol–water partition coefficient (Wildman–Crippen LogP) is 4.42. The zero-order valence-electron chi connectivity index (χ0n) is 16.8. The fourth-order valence-corrected chi connectivity index (χ4v) is 5.95. The van der Waals surface area contributed by atoms with E-state index in [4.69, 9.17) is 4.74 Å².